The molecule has 0 fully saturated rings. The Balaban J connectivity index is 2.02. The summed E-state index contributed by atoms with van der Waals surface area (Å²) >= 11 is 12.2. The molecule has 0 aromatic heterocycles. The van der Waals surface area contributed by atoms with Crippen LogP contribution in [0.5, 0.6) is 5.75 Å². The highest BCUT2D eigenvalue weighted by Gasteiger charge is 2.16. The predicted molar refractivity (Wildman–Crippen MR) is 97.8 cm³/mol. The first kappa shape index (κ1) is 19.1. The third kappa shape index (κ3) is 4.86. The second kappa shape index (κ2) is 8.21. The quantitative estimate of drug-likeness (QED) is 0.722. The van der Waals surface area contributed by atoms with Gasteiger partial charge in [0.05, 0.1) is 27.8 Å². The largest absolute Gasteiger partial charge is 0.497 e. The number of rotatable bonds is 7. The van der Waals surface area contributed by atoms with E-state index in [1.807, 2.05) is 24.1 Å². The van der Waals surface area contributed by atoms with Gasteiger partial charge in [-0.25, -0.2) is 8.42 Å². The van der Waals surface area contributed by atoms with Crippen molar-refractivity contribution in [3.05, 3.63) is 58.1 Å². The number of hydrogen-bond donors (Lipinski definition) is 0. The SMILES string of the molecule is COc1cccc(S(=O)(=O)CCN(C)Cc2cccc(Cl)c2Cl)c1. The van der Waals surface area contributed by atoms with Gasteiger partial charge in [0.15, 0.2) is 9.84 Å². The average molecular weight is 388 g/mol. The molecule has 2 aromatic rings. The van der Waals surface area contributed by atoms with Crippen molar-refractivity contribution in [2.45, 2.75) is 11.4 Å². The second-order valence-corrected chi connectivity index (χ2v) is 8.34. The Bertz CT molecular complexity index is 809. The molecular formula is C17H19Cl2NO3S. The molecule has 2 rings (SSSR count). The van der Waals surface area contributed by atoms with Gasteiger partial charge in [-0.15, -0.1) is 0 Å². The summed E-state index contributed by atoms with van der Waals surface area (Å²) in [6.07, 6.45) is 0. The van der Waals surface area contributed by atoms with Crippen LogP contribution in [-0.2, 0) is 16.4 Å². The van der Waals surface area contributed by atoms with E-state index >= 15 is 0 Å². The van der Waals surface area contributed by atoms with E-state index in [1.165, 1.54) is 13.2 Å². The van der Waals surface area contributed by atoms with E-state index in [9.17, 15) is 8.42 Å². The number of benzene rings is 2. The Hall–Kier alpha value is -1.27. The molecule has 0 aliphatic carbocycles. The molecule has 0 atom stereocenters. The zero-order chi connectivity index (χ0) is 17.7. The minimum absolute atomic E-state index is 0.00878. The third-order valence-electron chi connectivity index (χ3n) is 3.61. The Morgan fingerprint density at radius 2 is 1.83 bits per heavy atom. The molecule has 0 heterocycles. The normalized spacial score (nSPS) is 11.7. The number of halogens is 2. The smallest absolute Gasteiger partial charge is 0.179 e. The maximum atomic E-state index is 12.4. The van der Waals surface area contributed by atoms with Crippen LogP contribution in [0.3, 0.4) is 0 Å². The van der Waals surface area contributed by atoms with E-state index in [1.54, 1.807) is 24.3 Å². The summed E-state index contributed by atoms with van der Waals surface area (Å²) < 4.78 is 30.0. The maximum Gasteiger partial charge on any atom is 0.179 e. The zero-order valence-corrected chi connectivity index (χ0v) is 15.8. The van der Waals surface area contributed by atoms with Crippen LogP contribution in [0.4, 0.5) is 0 Å². The van der Waals surface area contributed by atoms with E-state index < -0.39 is 9.84 Å². The minimum atomic E-state index is -3.38. The number of hydrogen-bond acceptors (Lipinski definition) is 4. The molecule has 0 radical (unpaired) electrons. The molecule has 0 saturated heterocycles. The van der Waals surface area contributed by atoms with Crippen LogP contribution in [0, 0.1) is 0 Å². The van der Waals surface area contributed by atoms with E-state index in [0.29, 0.717) is 28.9 Å². The Kier molecular flexibility index (Phi) is 6.52. The molecule has 0 bridgehead atoms. The average Bonchev–Trinajstić information content (AvgIpc) is 2.57. The predicted octanol–water partition coefficient (Wildman–Crippen LogP) is 3.91. The molecule has 7 heteroatoms. The highest BCUT2D eigenvalue weighted by atomic mass is 35.5. The highest BCUT2D eigenvalue weighted by molar-refractivity contribution is 7.91. The van der Waals surface area contributed by atoms with Crippen LogP contribution in [0.15, 0.2) is 47.4 Å². The van der Waals surface area contributed by atoms with Crippen molar-refractivity contribution >= 4 is 33.0 Å². The fraction of sp³-hybridized carbons (Fsp3) is 0.294. The summed E-state index contributed by atoms with van der Waals surface area (Å²) in [6.45, 7) is 0.898. The van der Waals surface area contributed by atoms with Crippen LogP contribution < -0.4 is 4.74 Å². The van der Waals surface area contributed by atoms with Crippen LogP contribution in [-0.4, -0.2) is 39.8 Å². The fourth-order valence-electron chi connectivity index (χ4n) is 2.23. The van der Waals surface area contributed by atoms with Crippen LogP contribution in [0.25, 0.3) is 0 Å². The molecule has 0 amide bonds. The monoisotopic (exact) mass is 387 g/mol. The molecule has 0 N–H and O–H groups in total. The molecule has 0 spiro atoms. The van der Waals surface area contributed by atoms with Crippen molar-refractivity contribution in [2.24, 2.45) is 0 Å². The van der Waals surface area contributed by atoms with Crippen molar-refractivity contribution in [3.63, 3.8) is 0 Å². The van der Waals surface area contributed by atoms with Crippen molar-refractivity contribution in [2.75, 3.05) is 26.5 Å². The summed E-state index contributed by atoms with van der Waals surface area (Å²) in [7, 11) is -0.0255. The van der Waals surface area contributed by atoms with E-state index in [4.69, 9.17) is 27.9 Å². The van der Waals surface area contributed by atoms with Crippen LogP contribution >= 0.6 is 23.2 Å². The van der Waals surface area contributed by atoms with Gasteiger partial charge in [-0.3, -0.25) is 0 Å². The van der Waals surface area contributed by atoms with Gasteiger partial charge in [0.25, 0.3) is 0 Å². The number of methoxy groups -OCH3 is 1. The fourth-order valence-corrected chi connectivity index (χ4v) is 3.98. The molecule has 2 aromatic carbocycles. The topological polar surface area (TPSA) is 46.6 Å². The molecular weight excluding hydrogens is 369 g/mol. The van der Waals surface area contributed by atoms with Gasteiger partial charge in [-0.1, -0.05) is 41.4 Å². The van der Waals surface area contributed by atoms with Crippen molar-refractivity contribution in [1.82, 2.24) is 4.90 Å². The highest BCUT2D eigenvalue weighted by Crippen LogP contribution is 2.26. The molecule has 0 saturated carbocycles. The van der Waals surface area contributed by atoms with Gasteiger partial charge >= 0.3 is 0 Å². The summed E-state index contributed by atoms with van der Waals surface area (Å²) in [6, 6.07) is 11.9. The van der Waals surface area contributed by atoms with Gasteiger partial charge in [0.2, 0.25) is 0 Å². The number of sulfone groups is 1. The standard InChI is InChI=1S/C17H19Cl2NO3S/c1-20(12-13-5-3-8-16(18)17(13)19)9-10-24(21,22)15-7-4-6-14(11-15)23-2/h3-8,11H,9-10,12H2,1-2H3. The lowest BCUT2D eigenvalue weighted by Gasteiger charge is -2.18. The molecule has 4 nitrogen and oxygen atoms in total. The van der Waals surface area contributed by atoms with Gasteiger partial charge in [-0.05, 0) is 36.9 Å². The lowest BCUT2D eigenvalue weighted by Crippen LogP contribution is -2.25. The zero-order valence-electron chi connectivity index (χ0n) is 13.5. The summed E-state index contributed by atoms with van der Waals surface area (Å²) in [5.41, 5.74) is 0.866. The Morgan fingerprint density at radius 3 is 2.54 bits per heavy atom. The summed E-state index contributed by atoms with van der Waals surface area (Å²) in [5.74, 6) is 0.532. The van der Waals surface area contributed by atoms with E-state index in [0.717, 1.165) is 5.56 Å². The molecule has 0 aliphatic rings. The molecule has 0 aliphatic heterocycles. The van der Waals surface area contributed by atoms with Crippen molar-refractivity contribution < 1.29 is 13.2 Å². The first-order chi connectivity index (χ1) is 11.3. The lowest BCUT2D eigenvalue weighted by molar-refractivity contribution is 0.346. The number of nitrogens with zero attached hydrogens (tertiary/aromatic N) is 1. The van der Waals surface area contributed by atoms with Gasteiger partial charge < -0.3 is 9.64 Å². The second-order valence-electron chi connectivity index (χ2n) is 5.45. The van der Waals surface area contributed by atoms with Crippen LogP contribution in [0.2, 0.25) is 10.0 Å². The third-order valence-corrected chi connectivity index (χ3v) is 6.16. The summed E-state index contributed by atoms with van der Waals surface area (Å²) in [5, 5.41) is 0.994. The van der Waals surface area contributed by atoms with Gasteiger partial charge in [-0.2, -0.15) is 0 Å². The molecule has 24 heavy (non-hydrogen) atoms. The van der Waals surface area contributed by atoms with Crippen LogP contribution in [0.1, 0.15) is 5.56 Å². The molecule has 130 valence electrons. The van der Waals surface area contributed by atoms with E-state index in [2.05, 4.69) is 0 Å². The maximum absolute atomic E-state index is 12.4. The first-order valence-corrected chi connectivity index (χ1v) is 9.72. The number of ether oxygens (including phenoxy) is 1. The summed E-state index contributed by atoms with van der Waals surface area (Å²) in [4.78, 5) is 2.16. The lowest BCUT2D eigenvalue weighted by atomic mass is 10.2. The Labute approximate surface area is 152 Å². The van der Waals surface area contributed by atoms with E-state index in [-0.39, 0.29) is 10.6 Å². The van der Waals surface area contributed by atoms with Crippen molar-refractivity contribution in [1.29, 1.82) is 0 Å². The van der Waals surface area contributed by atoms with Gasteiger partial charge in [0.1, 0.15) is 5.75 Å². The molecule has 0 unspecified atom stereocenters. The minimum Gasteiger partial charge on any atom is -0.497 e. The van der Waals surface area contributed by atoms with Gasteiger partial charge in [0, 0.05) is 13.1 Å². The van der Waals surface area contributed by atoms with Crippen molar-refractivity contribution in [3.8, 4) is 5.75 Å². The first-order valence-electron chi connectivity index (χ1n) is 7.32. The Morgan fingerprint density at radius 1 is 1.12 bits per heavy atom.